The molecule has 0 aromatic heterocycles. The number of hydrogen-bond donors (Lipinski definition) is 1. The summed E-state index contributed by atoms with van der Waals surface area (Å²) >= 11 is 0. The number of aliphatic carboxylic acids is 1. The third-order valence-electron chi connectivity index (χ3n) is 8.07. The molecule has 8 nitrogen and oxygen atoms in total. The van der Waals surface area contributed by atoms with Crippen molar-refractivity contribution in [3.05, 3.63) is 35.9 Å². The molecule has 2 fully saturated rings. The molecular weight excluding hydrogens is 650 g/mol. The summed E-state index contributed by atoms with van der Waals surface area (Å²) in [5.41, 5.74) is 1.18. The van der Waals surface area contributed by atoms with Gasteiger partial charge in [0.15, 0.2) is 0 Å². The molecule has 0 spiro atoms. The van der Waals surface area contributed by atoms with Crippen LogP contribution in [0.5, 0.6) is 0 Å². The van der Waals surface area contributed by atoms with Gasteiger partial charge in [-0.15, -0.1) is 0 Å². The molecule has 220 valence electrons. The molecule has 4 atom stereocenters. The van der Waals surface area contributed by atoms with E-state index in [-0.39, 0.29) is 99.5 Å². The van der Waals surface area contributed by atoms with Crippen LogP contribution in [0.25, 0.3) is 0 Å². The van der Waals surface area contributed by atoms with Crippen molar-refractivity contribution in [3.8, 4) is 0 Å². The van der Waals surface area contributed by atoms with Crippen LogP contribution in [0.2, 0.25) is 0 Å². The molecule has 1 saturated heterocycles. The first kappa shape index (κ1) is 36.1. The van der Waals surface area contributed by atoms with E-state index in [1.54, 1.807) is 6.92 Å². The zero-order chi connectivity index (χ0) is 28.4. The molecule has 40 heavy (non-hydrogen) atoms. The minimum atomic E-state index is -3.60. The Hall–Kier alpha value is -0.128. The molecule has 1 aliphatic heterocycles. The summed E-state index contributed by atoms with van der Waals surface area (Å²) in [6.45, 7) is 5.68. The average molecular weight is 698 g/mol. The SMILES string of the molecule is CCC(=O)O[C@H](O[P@](=O)(CCCCc1ccccc1)CC(=O)N1C[C@H](C2CCCCC2)C[C@H]1C(=O)O)C(C)C.[CsH]. The second-order valence-corrected chi connectivity index (χ2v) is 14.1. The van der Waals surface area contributed by atoms with Crippen molar-refractivity contribution in [3.63, 3.8) is 0 Å². The fraction of sp³-hybridized carbons (Fsp3) is 0.700. The second kappa shape index (κ2) is 17.9. The minimum absolute atomic E-state index is 0. The van der Waals surface area contributed by atoms with Gasteiger partial charge in [-0.1, -0.05) is 83.2 Å². The molecule has 0 bridgehead atoms. The topological polar surface area (TPSA) is 110 Å². The van der Waals surface area contributed by atoms with Crippen molar-refractivity contribution in [1.29, 1.82) is 0 Å². The van der Waals surface area contributed by atoms with E-state index in [4.69, 9.17) is 9.26 Å². The van der Waals surface area contributed by atoms with Crippen LogP contribution in [0, 0.1) is 17.8 Å². The summed E-state index contributed by atoms with van der Waals surface area (Å²) in [6, 6.07) is 9.10. The zero-order valence-electron chi connectivity index (χ0n) is 23.8. The van der Waals surface area contributed by atoms with E-state index in [1.807, 2.05) is 44.2 Å². The van der Waals surface area contributed by atoms with Gasteiger partial charge in [0, 0.05) is 25.0 Å². The summed E-state index contributed by atoms with van der Waals surface area (Å²) in [5, 5.41) is 9.92. The van der Waals surface area contributed by atoms with E-state index < -0.39 is 37.5 Å². The average Bonchev–Trinajstić information content (AvgIpc) is 3.38. The van der Waals surface area contributed by atoms with Crippen molar-refractivity contribution in [2.75, 3.05) is 18.9 Å². The molecular formula is C30H47CsNO7P. The standard InChI is InChI=1S/C30H46NO7P.Cs.H/c1-4-28(33)37-30(22(2)3)38-39(36,18-12-11-15-23-13-7-5-8-14-23)21-27(32)31-20-25(19-26(31)29(34)35)24-16-9-6-10-17-24;;/h5,7-8,13-14,22,24-26,30H,4,6,9-12,15-21H2,1-3H3,(H,34,35);;/t25-,26+,30-,39-;;/m1../s1. The number of aryl methyl sites for hydroxylation is 1. The number of likely N-dealkylation sites (tertiary alicyclic amines) is 1. The Morgan fingerprint density at radius 3 is 2.33 bits per heavy atom. The van der Waals surface area contributed by atoms with Crippen molar-refractivity contribution in [2.24, 2.45) is 17.8 Å². The number of carbonyl (C=O) groups is 3. The van der Waals surface area contributed by atoms with Gasteiger partial charge in [0.2, 0.25) is 19.6 Å². The molecule has 2 aliphatic rings. The van der Waals surface area contributed by atoms with E-state index in [9.17, 15) is 24.1 Å². The van der Waals surface area contributed by atoms with Gasteiger partial charge in [0.05, 0.1) is 0 Å². The molecule has 0 radical (unpaired) electrons. The number of nitrogens with zero attached hydrogens (tertiary/aromatic N) is 1. The summed E-state index contributed by atoms with van der Waals surface area (Å²) in [5.74, 6) is -1.61. The van der Waals surface area contributed by atoms with Gasteiger partial charge in [0.1, 0.15) is 12.2 Å². The predicted octanol–water partition coefficient (Wildman–Crippen LogP) is 5.47. The Balaban J connectivity index is 0.00000560. The fourth-order valence-electron chi connectivity index (χ4n) is 5.80. The molecule has 3 rings (SSSR count). The van der Waals surface area contributed by atoms with Gasteiger partial charge in [-0.3, -0.25) is 18.7 Å². The number of unbranched alkanes of at least 4 members (excludes halogenated alkanes) is 1. The number of carboxylic acid groups (broad SMARTS) is 1. The van der Waals surface area contributed by atoms with E-state index in [0.29, 0.717) is 25.3 Å². The maximum atomic E-state index is 14.2. The molecule has 1 N–H and O–H groups in total. The Labute approximate surface area is 298 Å². The molecule has 1 aromatic carbocycles. The molecule has 10 heteroatoms. The number of ether oxygens (including phenoxy) is 1. The second-order valence-electron chi connectivity index (χ2n) is 11.5. The number of esters is 1. The van der Waals surface area contributed by atoms with Crippen LogP contribution in [-0.2, 0) is 34.6 Å². The molecule has 1 saturated carbocycles. The van der Waals surface area contributed by atoms with Crippen LogP contribution in [0.15, 0.2) is 30.3 Å². The Morgan fingerprint density at radius 2 is 1.73 bits per heavy atom. The molecule has 0 unspecified atom stereocenters. The van der Waals surface area contributed by atoms with Crippen LogP contribution in [0.1, 0.15) is 84.1 Å². The molecule has 1 amide bonds. The summed E-state index contributed by atoms with van der Waals surface area (Å²) in [7, 11) is -3.60. The third kappa shape index (κ3) is 11.2. The normalized spacial score (nSPS) is 21.9. The number of hydrogen-bond acceptors (Lipinski definition) is 6. The Morgan fingerprint density at radius 1 is 1.05 bits per heavy atom. The number of amides is 1. The molecule has 1 aliphatic carbocycles. The van der Waals surface area contributed by atoms with Gasteiger partial charge < -0.3 is 14.7 Å². The first-order chi connectivity index (χ1) is 18.6. The molecule has 1 heterocycles. The fourth-order valence-corrected chi connectivity index (χ4v) is 8.10. The van der Waals surface area contributed by atoms with Crippen LogP contribution in [0.3, 0.4) is 0 Å². The predicted molar refractivity (Wildman–Crippen MR) is 158 cm³/mol. The van der Waals surface area contributed by atoms with Gasteiger partial charge in [-0.2, -0.15) is 0 Å². The Bertz CT molecular complexity index is 999. The van der Waals surface area contributed by atoms with E-state index >= 15 is 0 Å². The third-order valence-corrected chi connectivity index (χ3v) is 10.4. The quantitative estimate of drug-likeness (QED) is 0.119. The summed E-state index contributed by atoms with van der Waals surface area (Å²) in [6.07, 6.45) is 7.12. The number of carbonyl (C=O) groups excluding carboxylic acids is 2. The van der Waals surface area contributed by atoms with Crippen molar-refractivity contribution in [2.45, 2.75) is 97.3 Å². The first-order valence-corrected chi connectivity index (χ1v) is 16.6. The molecule has 1 aromatic rings. The summed E-state index contributed by atoms with van der Waals surface area (Å²) in [4.78, 5) is 39.2. The van der Waals surface area contributed by atoms with E-state index in [2.05, 4.69) is 0 Å². The van der Waals surface area contributed by atoms with Gasteiger partial charge in [-0.05, 0) is 43.1 Å². The zero-order valence-corrected chi connectivity index (χ0v) is 24.7. The number of carboxylic acids is 1. The van der Waals surface area contributed by atoms with Gasteiger partial charge in [-0.25, -0.2) is 4.79 Å². The van der Waals surface area contributed by atoms with E-state index in [0.717, 1.165) is 38.5 Å². The van der Waals surface area contributed by atoms with Crippen LogP contribution >= 0.6 is 7.37 Å². The van der Waals surface area contributed by atoms with Crippen molar-refractivity contribution in [1.82, 2.24) is 4.90 Å². The number of benzene rings is 1. The maximum absolute atomic E-state index is 14.2. The van der Waals surface area contributed by atoms with Gasteiger partial charge in [0.25, 0.3) is 0 Å². The van der Waals surface area contributed by atoms with Crippen molar-refractivity contribution < 1.29 is 33.3 Å². The van der Waals surface area contributed by atoms with Crippen LogP contribution in [0.4, 0.5) is 0 Å². The van der Waals surface area contributed by atoms with Crippen LogP contribution < -0.4 is 0 Å². The van der Waals surface area contributed by atoms with Crippen molar-refractivity contribution >= 4 is 94.1 Å². The monoisotopic (exact) mass is 697 g/mol. The number of rotatable bonds is 14. The van der Waals surface area contributed by atoms with Gasteiger partial charge >= 0.3 is 80.8 Å². The first-order valence-electron chi connectivity index (χ1n) is 14.6. The van der Waals surface area contributed by atoms with Crippen LogP contribution in [-0.4, -0.2) is 128 Å². The summed E-state index contributed by atoms with van der Waals surface area (Å²) < 4.78 is 25.7. The Kier molecular flexibility index (Phi) is 16.1. The van der Waals surface area contributed by atoms with E-state index in [1.165, 1.54) is 16.9 Å².